The fourth-order valence-corrected chi connectivity index (χ4v) is 2.72. The maximum absolute atomic E-state index is 9.44. The van der Waals surface area contributed by atoms with Crippen molar-refractivity contribution in [3.05, 3.63) is 72.3 Å². The lowest BCUT2D eigenvalue weighted by atomic mass is 9.97. The molecule has 0 amide bonds. The first-order chi connectivity index (χ1) is 11.8. The van der Waals surface area contributed by atoms with Gasteiger partial charge in [-0.15, -0.1) is 0 Å². The van der Waals surface area contributed by atoms with E-state index in [1.54, 1.807) is 7.11 Å². The van der Waals surface area contributed by atoms with Crippen molar-refractivity contribution >= 4 is 10.8 Å². The van der Waals surface area contributed by atoms with Crippen LogP contribution in [0.25, 0.3) is 10.8 Å². The summed E-state index contributed by atoms with van der Waals surface area (Å²) in [7, 11) is 1.63. The maximum atomic E-state index is 9.44. The van der Waals surface area contributed by atoms with Crippen LogP contribution in [0.3, 0.4) is 0 Å². The summed E-state index contributed by atoms with van der Waals surface area (Å²) in [6.45, 7) is 0.494. The lowest BCUT2D eigenvalue weighted by Crippen LogP contribution is -2.04. The van der Waals surface area contributed by atoms with Gasteiger partial charge in [0.15, 0.2) is 0 Å². The van der Waals surface area contributed by atoms with E-state index in [1.165, 1.54) is 5.39 Å². The number of hydrogen-bond acceptors (Lipinski definition) is 3. The van der Waals surface area contributed by atoms with E-state index < -0.39 is 0 Å². The Bertz CT molecular complexity index is 867. The van der Waals surface area contributed by atoms with Crippen LogP contribution in [0.15, 0.2) is 66.7 Å². The van der Waals surface area contributed by atoms with E-state index in [2.05, 4.69) is 24.3 Å². The number of benzene rings is 3. The summed E-state index contributed by atoms with van der Waals surface area (Å²) in [5.74, 6) is 1.39. The van der Waals surface area contributed by atoms with Crippen LogP contribution in [0, 0.1) is 11.3 Å². The van der Waals surface area contributed by atoms with E-state index in [4.69, 9.17) is 9.47 Å². The molecule has 0 aliphatic carbocycles. The smallest absolute Gasteiger partial charge is 0.119 e. The molecular formula is C21H19NO2. The van der Waals surface area contributed by atoms with Gasteiger partial charge >= 0.3 is 0 Å². The Labute approximate surface area is 142 Å². The standard InChI is InChI=1S/C21H19NO2/c1-23-20-8-4-7-18(13-20)19(15-22)11-12-24-21-10-9-16-5-2-3-6-17(16)14-21/h2-10,13-14,19H,11-12H2,1H3. The van der Waals surface area contributed by atoms with Gasteiger partial charge in [-0.25, -0.2) is 0 Å². The van der Waals surface area contributed by atoms with Crippen molar-refractivity contribution in [1.82, 2.24) is 0 Å². The highest BCUT2D eigenvalue weighted by atomic mass is 16.5. The van der Waals surface area contributed by atoms with E-state index in [1.807, 2.05) is 48.5 Å². The molecule has 0 fully saturated rings. The van der Waals surface area contributed by atoms with Crippen LogP contribution in [0.4, 0.5) is 0 Å². The monoisotopic (exact) mass is 317 g/mol. The lowest BCUT2D eigenvalue weighted by Gasteiger charge is -2.12. The SMILES string of the molecule is COc1cccc(C(C#N)CCOc2ccc3ccccc3c2)c1. The first-order valence-electron chi connectivity index (χ1n) is 7.95. The molecule has 0 aliphatic rings. The average molecular weight is 317 g/mol. The minimum absolute atomic E-state index is 0.208. The van der Waals surface area contributed by atoms with E-state index in [0.29, 0.717) is 13.0 Å². The second-order valence-electron chi connectivity index (χ2n) is 5.60. The van der Waals surface area contributed by atoms with Crippen molar-refractivity contribution in [3.8, 4) is 17.6 Å². The molecule has 0 bridgehead atoms. The van der Waals surface area contributed by atoms with Crippen LogP contribution in [0.1, 0.15) is 17.9 Å². The van der Waals surface area contributed by atoms with Gasteiger partial charge in [0.05, 0.1) is 25.7 Å². The van der Waals surface area contributed by atoms with Gasteiger partial charge < -0.3 is 9.47 Å². The van der Waals surface area contributed by atoms with Crippen molar-refractivity contribution in [2.45, 2.75) is 12.3 Å². The fourth-order valence-electron chi connectivity index (χ4n) is 2.72. The van der Waals surface area contributed by atoms with Gasteiger partial charge in [0.25, 0.3) is 0 Å². The number of nitrogens with zero attached hydrogens (tertiary/aromatic N) is 1. The third-order valence-corrected chi connectivity index (χ3v) is 4.05. The number of hydrogen-bond donors (Lipinski definition) is 0. The molecule has 1 unspecified atom stereocenters. The summed E-state index contributed by atoms with van der Waals surface area (Å²) in [6, 6.07) is 24.2. The molecule has 0 spiro atoms. The lowest BCUT2D eigenvalue weighted by molar-refractivity contribution is 0.306. The minimum atomic E-state index is -0.208. The normalized spacial score (nSPS) is 11.7. The van der Waals surface area contributed by atoms with Gasteiger partial charge in [0.1, 0.15) is 11.5 Å². The molecule has 3 aromatic carbocycles. The molecule has 0 N–H and O–H groups in total. The van der Waals surface area contributed by atoms with E-state index in [9.17, 15) is 5.26 Å². The molecule has 24 heavy (non-hydrogen) atoms. The van der Waals surface area contributed by atoms with Crippen LogP contribution in [-0.4, -0.2) is 13.7 Å². The summed E-state index contributed by atoms with van der Waals surface area (Å²) in [4.78, 5) is 0. The summed E-state index contributed by atoms with van der Waals surface area (Å²) in [5, 5.41) is 11.8. The molecule has 0 radical (unpaired) electrons. The third kappa shape index (κ3) is 3.67. The summed E-state index contributed by atoms with van der Waals surface area (Å²) in [5.41, 5.74) is 0.957. The molecular weight excluding hydrogens is 298 g/mol. The highest BCUT2D eigenvalue weighted by molar-refractivity contribution is 5.83. The highest BCUT2D eigenvalue weighted by Gasteiger charge is 2.11. The van der Waals surface area contributed by atoms with Gasteiger partial charge in [-0.1, -0.05) is 42.5 Å². The van der Waals surface area contributed by atoms with E-state index >= 15 is 0 Å². The van der Waals surface area contributed by atoms with Crippen molar-refractivity contribution < 1.29 is 9.47 Å². The fraction of sp³-hybridized carbons (Fsp3) is 0.190. The summed E-state index contributed by atoms with van der Waals surface area (Å²) in [6.07, 6.45) is 0.635. The predicted molar refractivity (Wildman–Crippen MR) is 95.4 cm³/mol. The number of fused-ring (bicyclic) bond motifs is 1. The van der Waals surface area contributed by atoms with Crippen LogP contribution < -0.4 is 9.47 Å². The summed E-state index contributed by atoms with van der Waals surface area (Å²) < 4.78 is 11.1. The van der Waals surface area contributed by atoms with E-state index in [-0.39, 0.29) is 5.92 Å². The molecule has 120 valence electrons. The molecule has 3 rings (SSSR count). The van der Waals surface area contributed by atoms with Gasteiger partial charge in [0, 0.05) is 6.42 Å². The first kappa shape index (κ1) is 15.9. The zero-order valence-corrected chi connectivity index (χ0v) is 13.6. The molecule has 3 heteroatoms. The number of ether oxygens (including phenoxy) is 2. The molecule has 3 aromatic rings. The summed E-state index contributed by atoms with van der Waals surface area (Å²) >= 11 is 0. The molecule has 3 nitrogen and oxygen atoms in total. The Morgan fingerprint density at radius 2 is 1.75 bits per heavy atom. The van der Waals surface area contributed by atoms with Crippen LogP contribution in [-0.2, 0) is 0 Å². The van der Waals surface area contributed by atoms with Crippen molar-refractivity contribution in [1.29, 1.82) is 5.26 Å². The minimum Gasteiger partial charge on any atom is -0.497 e. The van der Waals surface area contributed by atoms with Crippen LogP contribution in [0.5, 0.6) is 11.5 Å². The molecule has 0 aliphatic heterocycles. The Hall–Kier alpha value is -2.99. The average Bonchev–Trinajstić information content (AvgIpc) is 2.65. The third-order valence-electron chi connectivity index (χ3n) is 4.05. The van der Waals surface area contributed by atoms with Gasteiger partial charge in [-0.3, -0.25) is 0 Å². The van der Waals surface area contributed by atoms with Gasteiger partial charge in [-0.05, 0) is 40.6 Å². The number of nitriles is 1. The topological polar surface area (TPSA) is 42.2 Å². The second kappa shape index (κ2) is 7.52. The second-order valence-corrected chi connectivity index (χ2v) is 5.60. The van der Waals surface area contributed by atoms with Crippen molar-refractivity contribution in [2.24, 2.45) is 0 Å². The predicted octanol–water partition coefficient (Wildman–Crippen LogP) is 4.92. The Morgan fingerprint density at radius 1 is 0.917 bits per heavy atom. The Morgan fingerprint density at radius 3 is 2.54 bits per heavy atom. The molecule has 0 aromatic heterocycles. The molecule has 0 saturated heterocycles. The van der Waals surface area contributed by atoms with Gasteiger partial charge in [-0.2, -0.15) is 5.26 Å². The molecule has 0 heterocycles. The Kier molecular flexibility index (Phi) is 4.98. The zero-order chi connectivity index (χ0) is 16.8. The first-order valence-corrected chi connectivity index (χ1v) is 7.95. The quantitative estimate of drug-likeness (QED) is 0.647. The number of rotatable bonds is 6. The van der Waals surface area contributed by atoms with Crippen LogP contribution >= 0.6 is 0 Å². The van der Waals surface area contributed by atoms with Crippen molar-refractivity contribution in [2.75, 3.05) is 13.7 Å². The largest absolute Gasteiger partial charge is 0.497 e. The van der Waals surface area contributed by atoms with Crippen molar-refractivity contribution in [3.63, 3.8) is 0 Å². The number of methoxy groups -OCH3 is 1. The highest BCUT2D eigenvalue weighted by Crippen LogP contribution is 2.25. The maximum Gasteiger partial charge on any atom is 0.119 e. The van der Waals surface area contributed by atoms with Gasteiger partial charge in [0.2, 0.25) is 0 Å². The van der Waals surface area contributed by atoms with Crippen LogP contribution in [0.2, 0.25) is 0 Å². The van der Waals surface area contributed by atoms with E-state index in [0.717, 1.165) is 22.4 Å². The zero-order valence-electron chi connectivity index (χ0n) is 13.6. The molecule has 0 saturated carbocycles. The Balaban J connectivity index is 1.64. The molecule has 1 atom stereocenters.